The number of amides is 2. The van der Waals surface area contributed by atoms with Gasteiger partial charge >= 0.3 is 11.8 Å². The van der Waals surface area contributed by atoms with Gasteiger partial charge in [0.2, 0.25) is 0 Å². The molecule has 0 radical (unpaired) electrons. The first-order chi connectivity index (χ1) is 13.2. The quantitative estimate of drug-likeness (QED) is 0.563. The van der Waals surface area contributed by atoms with Gasteiger partial charge in [-0.3, -0.25) is 14.6 Å². The van der Waals surface area contributed by atoms with Crippen molar-refractivity contribution < 1.29 is 18.0 Å². The van der Waals surface area contributed by atoms with Crippen molar-refractivity contribution in [3.05, 3.63) is 30.1 Å². The highest BCUT2D eigenvalue weighted by Crippen LogP contribution is 2.18. The van der Waals surface area contributed by atoms with Gasteiger partial charge in [-0.05, 0) is 51.6 Å². The Labute approximate surface area is 167 Å². The molecule has 8 nitrogen and oxygen atoms in total. The Kier molecular flexibility index (Phi) is 7.94. The SMILES string of the molecule is CCN(CCc1ccncc1)C(=O)C(=O)N(CCN(C)C)C1CCS(=O)(=O)C1. The zero-order valence-corrected chi connectivity index (χ0v) is 17.7. The van der Waals surface area contributed by atoms with Gasteiger partial charge in [0.1, 0.15) is 0 Å². The minimum absolute atomic E-state index is 0.0666. The molecule has 1 unspecified atom stereocenters. The Balaban J connectivity index is 2.08. The van der Waals surface area contributed by atoms with Crippen molar-refractivity contribution in [3.63, 3.8) is 0 Å². The molecule has 1 aromatic rings. The molecule has 0 aromatic carbocycles. The number of likely N-dealkylation sites (N-methyl/N-ethyl adjacent to an activating group) is 2. The Hall–Kier alpha value is -2.00. The monoisotopic (exact) mass is 410 g/mol. The second-order valence-electron chi connectivity index (χ2n) is 7.35. The lowest BCUT2D eigenvalue weighted by molar-refractivity contribution is -0.153. The largest absolute Gasteiger partial charge is 0.334 e. The number of hydrogen-bond donors (Lipinski definition) is 0. The maximum absolute atomic E-state index is 13.0. The van der Waals surface area contributed by atoms with Crippen LogP contribution in [0.1, 0.15) is 18.9 Å². The summed E-state index contributed by atoms with van der Waals surface area (Å²) in [6.07, 6.45) is 4.41. The summed E-state index contributed by atoms with van der Waals surface area (Å²) < 4.78 is 23.8. The number of pyridine rings is 1. The number of carbonyl (C=O) groups excluding carboxylic acids is 2. The molecule has 1 atom stereocenters. The van der Waals surface area contributed by atoms with Crippen LogP contribution in [0.4, 0.5) is 0 Å². The second kappa shape index (κ2) is 9.97. The van der Waals surface area contributed by atoms with Crippen molar-refractivity contribution in [1.29, 1.82) is 0 Å². The van der Waals surface area contributed by atoms with Crippen LogP contribution in [0.2, 0.25) is 0 Å². The molecule has 2 amide bonds. The third-order valence-corrected chi connectivity index (χ3v) is 6.72. The number of rotatable bonds is 8. The van der Waals surface area contributed by atoms with Gasteiger partial charge in [-0.1, -0.05) is 0 Å². The maximum atomic E-state index is 13.0. The summed E-state index contributed by atoms with van der Waals surface area (Å²) >= 11 is 0. The molecule has 28 heavy (non-hydrogen) atoms. The Bertz CT molecular complexity index is 767. The zero-order valence-electron chi connectivity index (χ0n) is 16.9. The summed E-state index contributed by atoms with van der Waals surface area (Å²) in [6, 6.07) is 3.33. The van der Waals surface area contributed by atoms with Gasteiger partial charge in [0.05, 0.1) is 11.5 Å². The molecule has 0 spiro atoms. The lowest BCUT2D eigenvalue weighted by Gasteiger charge is -2.31. The topological polar surface area (TPSA) is 90.9 Å². The fourth-order valence-electron chi connectivity index (χ4n) is 3.25. The van der Waals surface area contributed by atoms with Gasteiger partial charge in [0.25, 0.3) is 0 Å². The van der Waals surface area contributed by atoms with Crippen molar-refractivity contribution in [1.82, 2.24) is 19.7 Å². The van der Waals surface area contributed by atoms with E-state index in [2.05, 4.69) is 4.98 Å². The fourth-order valence-corrected chi connectivity index (χ4v) is 4.98. The molecular formula is C19H30N4O4S. The van der Waals surface area contributed by atoms with Crippen LogP contribution in [-0.2, 0) is 25.8 Å². The van der Waals surface area contributed by atoms with Crippen LogP contribution in [0.25, 0.3) is 0 Å². The van der Waals surface area contributed by atoms with E-state index >= 15 is 0 Å². The number of hydrogen-bond acceptors (Lipinski definition) is 6. The highest BCUT2D eigenvalue weighted by molar-refractivity contribution is 7.91. The average Bonchev–Trinajstić information content (AvgIpc) is 3.02. The third-order valence-electron chi connectivity index (χ3n) is 4.97. The van der Waals surface area contributed by atoms with Crippen molar-refractivity contribution in [2.75, 3.05) is 51.8 Å². The van der Waals surface area contributed by atoms with Crippen LogP contribution in [0.3, 0.4) is 0 Å². The van der Waals surface area contributed by atoms with Crippen LogP contribution in [0.15, 0.2) is 24.5 Å². The average molecular weight is 411 g/mol. The molecule has 0 bridgehead atoms. The Morgan fingerprint density at radius 3 is 2.32 bits per heavy atom. The van der Waals surface area contributed by atoms with E-state index in [4.69, 9.17) is 0 Å². The normalized spacial score (nSPS) is 18.2. The van der Waals surface area contributed by atoms with Crippen LogP contribution in [0, 0.1) is 0 Å². The lowest BCUT2D eigenvalue weighted by Crippen LogP contribution is -2.51. The summed E-state index contributed by atoms with van der Waals surface area (Å²) in [5.41, 5.74) is 1.04. The number of nitrogens with zero attached hydrogens (tertiary/aromatic N) is 4. The van der Waals surface area contributed by atoms with Gasteiger partial charge in [-0.25, -0.2) is 8.42 Å². The molecule has 1 aromatic heterocycles. The summed E-state index contributed by atoms with van der Waals surface area (Å²) in [4.78, 5) is 34.7. The Morgan fingerprint density at radius 1 is 1.11 bits per heavy atom. The van der Waals surface area contributed by atoms with Gasteiger partial charge in [0.15, 0.2) is 9.84 Å². The fraction of sp³-hybridized carbons (Fsp3) is 0.632. The van der Waals surface area contributed by atoms with E-state index in [0.29, 0.717) is 39.0 Å². The van der Waals surface area contributed by atoms with Gasteiger partial charge in [0, 0.05) is 44.6 Å². The van der Waals surface area contributed by atoms with Crippen LogP contribution >= 0.6 is 0 Å². The summed E-state index contributed by atoms with van der Waals surface area (Å²) in [6.45, 7) is 3.58. The molecular weight excluding hydrogens is 380 g/mol. The summed E-state index contributed by atoms with van der Waals surface area (Å²) in [5.74, 6) is -1.18. The molecule has 9 heteroatoms. The first-order valence-electron chi connectivity index (χ1n) is 9.57. The van der Waals surface area contributed by atoms with Gasteiger partial charge in [-0.15, -0.1) is 0 Å². The summed E-state index contributed by atoms with van der Waals surface area (Å²) in [5, 5.41) is 0. The van der Waals surface area contributed by atoms with Crippen molar-refractivity contribution in [3.8, 4) is 0 Å². The van der Waals surface area contributed by atoms with Crippen molar-refractivity contribution in [2.45, 2.75) is 25.8 Å². The first-order valence-corrected chi connectivity index (χ1v) is 11.4. The molecule has 2 heterocycles. The Morgan fingerprint density at radius 2 is 1.79 bits per heavy atom. The first kappa shape index (κ1) is 22.3. The third kappa shape index (κ3) is 6.27. The highest BCUT2D eigenvalue weighted by atomic mass is 32.2. The smallest absolute Gasteiger partial charge is 0.312 e. The van der Waals surface area contributed by atoms with E-state index in [1.54, 1.807) is 12.4 Å². The molecule has 1 fully saturated rings. The molecule has 1 aliphatic rings. The second-order valence-corrected chi connectivity index (χ2v) is 9.58. The van der Waals surface area contributed by atoms with E-state index in [1.165, 1.54) is 9.80 Å². The van der Waals surface area contributed by atoms with Crippen LogP contribution < -0.4 is 0 Å². The molecule has 1 aliphatic heterocycles. The predicted molar refractivity (Wildman–Crippen MR) is 108 cm³/mol. The molecule has 0 aliphatic carbocycles. The van der Waals surface area contributed by atoms with Crippen molar-refractivity contribution >= 4 is 21.7 Å². The summed E-state index contributed by atoms with van der Waals surface area (Å²) in [7, 11) is 0.607. The van der Waals surface area contributed by atoms with Gasteiger partial charge < -0.3 is 14.7 Å². The predicted octanol–water partition coefficient (Wildman–Crippen LogP) is 0.0499. The molecule has 2 rings (SSSR count). The number of aromatic nitrogens is 1. The molecule has 156 valence electrons. The van der Waals surface area contributed by atoms with E-state index in [0.717, 1.165) is 5.56 Å². The zero-order chi connectivity index (χ0) is 20.7. The minimum Gasteiger partial charge on any atom is -0.334 e. The van der Waals surface area contributed by atoms with Crippen LogP contribution in [-0.4, -0.2) is 97.7 Å². The van der Waals surface area contributed by atoms with E-state index in [-0.39, 0.29) is 11.5 Å². The molecule has 0 N–H and O–H groups in total. The van der Waals surface area contributed by atoms with E-state index in [1.807, 2.05) is 38.1 Å². The van der Waals surface area contributed by atoms with E-state index < -0.39 is 27.7 Å². The standard InChI is InChI=1S/C19H30N4O4S/c1-4-22(11-7-16-5-9-20-10-6-16)18(24)19(25)23(13-12-21(2)3)17-8-14-28(26,27)15-17/h5-6,9-10,17H,4,7-8,11-15H2,1-3H3. The maximum Gasteiger partial charge on any atom is 0.312 e. The van der Waals surface area contributed by atoms with Crippen molar-refractivity contribution in [2.24, 2.45) is 0 Å². The number of carbonyl (C=O) groups is 2. The molecule has 1 saturated heterocycles. The van der Waals surface area contributed by atoms with E-state index in [9.17, 15) is 18.0 Å². The highest BCUT2D eigenvalue weighted by Gasteiger charge is 2.37. The molecule has 0 saturated carbocycles. The lowest BCUT2D eigenvalue weighted by atomic mass is 10.2. The number of sulfone groups is 1. The van der Waals surface area contributed by atoms with Crippen LogP contribution in [0.5, 0.6) is 0 Å². The van der Waals surface area contributed by atoms with Gasteiger partial charge in [-0.2, -0.15) is 0 Å². The minimum atomic E-state index is -3.15.